The third-order valence-corrected chi connectivity index (χ3v) is 5.14. The average molecular weight is 395 g/mol. The van der Waals surface area contributed by atoms with Crippen LogP contribution >= 0.6 is 11.6 Å². The Bertz CT molecular complexity index is 925. The number of hydrogen-bond acceptors (Lipinski definition) is 6. The maximum Gasteiger partial charge on any atom is 0.247 e. The van der Waals surface area contributed by atoms with Crippen molar-refractivity contribution in [1.82, 2.24) is 20.1 Å². The van der Waals surface area contributed by atoms with Gasteiger partial charge in [-0.1, -0.05) is 41.9 Å². The molecular formula is C21H23ClN6. The Balaban J connectivity index is 1.38. The van der Waals surface area contributed by atoms with Crippen molar-refractivity contribution in [1.29, 1.82) is 0 Å². The quantitative estimate of drug-likeness (QED) is 0.708. The summed E-state index contributed by atoms with van der Waals surface area (Å²) < 4.78 is 0. The van der Waals surface area contributed by atoms with Gasteiger partial charge in [0, 0.05) is 43.4 Å². The van der Waals surface area contributed by atoms with E-state index < -0.39 is 0 Å². The van der Waals surface area contributed by atoms with E-state index in [2.05, 4.69) is 60.6 Å². The zero-order valence-electron chi connectivity index (χ0n) is 15.8. The van der Waals surface area contributed by atoms with Gasteiger partial charge in [0.2, 0.25) is 5.95 Å². The molecule has 0 atom stereocenters. The van der Waals surface area contributed by atoms with Crippen LogP contribution in [0.5, 0.6) is 0 Å². The minimum atomic E-state index is 0.663. The number of anilines is 3. The molecule has 2 aromatic carbocycles. The predicted molar refractivity (Wildman–Crippen MR) is 113 cm³/mol. The summed E-state index contributed by atoms with van der Waals surface area (Å²) in [5.41, 5.74) is 3.36. The fraction of sp³-hybridized carbons (Fsp3) is 0.286. The molecule has 0 aliphatic carbocycles. The van der Waals surface area contributed by atoms with Crippen LogP contribution in [0.3, 0.4) is 0 Å². The fourth-order valence-electron chi connectivity index (χ4n) is 3.34. The van der Waals surface area contributed by atoms with Crippen molar-refractivity contribution < 1.29 is 0 Å². The lowest BCUT2D eigenvalue weighted by Crippen LogP contribution is -2.46. The molecular weight excluding hydrogens is 372 g/mol. The van der Waals surface area contributed by atoms with Crippen LogP contribution in [-0.2, 0) is 6.54 Å². The zero-order chi connectivity index (χ0) is 19.3. The Morgan fingerprint density at radius 2 is 1.82 bits per heavy atom. The highest BCUT2D eigenvalue weighted by Gasteiger charge is 2.19. The van der Waals surface area contributed by atoms with Crippen LogP contribution in [0, 0.1) is 6.92 Å². The third kappa shape index (κ3) is 4.58. The van der Waals surface area contributed by atoms with Crippen LogP contribution in [0.2, 0.25) is 5.02 Å². The highest BCUT2D eigenvalue weighted by molar-refractivity contribution is 6.30. The van der Waals surface area contributed by atoms with Crippen LogP contribution in [0.4, 0.5) is 17.5 Å². The van der Waals surface area contributed by atoms with E-state index in [0.29, 0.717) is 11.8 Å². The molecule has 1 aliphatic rings. The average Bonchev–Trinajstić information content (AvgIpc) is 2.72. The molecule has 1 aliphatic heterocycles. The Kier molecular flexibility index (Phi) is 5.69. The first kappa shape index (κ1) is 18.7. The van der Waals surface area contributed by atoms with Gasteiger partial charge in [-0.15, -0.1) is 5.10 Å². The standard InChI is InChI=1S/C21H23ClN6/c1-16-13-18(22)7-8-19(16)24-20-14-23-26-21(25-20)28-11-9-27(10-12-28)15-17-5-3-2-4-6-17/h2-8,13-14H,9-12,15H2,1H3,(H,24,25,26). The Morgan fingerprint density at radius 3 is 2.57 bits per heavy atom. The number of aryl methyl sites for hydroxylation is 1. The van der Waals surface area contributed by atoms with Gasteiger partial charge in [0.25, 0.3) is 0 Å². The number of benzene rings is 2. The van der Waals surface area contributed by atoms with Crippen molar-refractivity contribution in [2.75, 3.05) is 36.4 Å². The molecule has 0 unspecified atom stereocenters. The molecule has 2 heterocycles. The highest BCUT2D eigenvalue weighted by atomic mass is 35.5. The zero-order valence-corrected chi connectivity index (χ0v) is 16.6. The number of aromatic nitrogens is 3. The minimum absolute atomic E-state index is 0.663. The Labute approximate surface area is 170 Å². The van der Waals surface area contributed by atoms with E-state index in [1.807, 2.05) is 25.1 Å². The van der Waals surface area contributed by atoms with Crippen molar-refractivity contribution >= 4 is 29.1 Å². The van der Waals surface area contributed by atoms with E-state index in [4.69, 9.17) is 11.6 Å². The second-order valence-corrected chi connectivity index (χ2v) is 7.41. The van der Waals surface area contributed by atoms with Crippen molar-refractivity contribution in [3.8, 4) is 0 Å². The van der Waals surface area contributed by atoms with Crippen molar-refractivity contribution in [2.24, 2.45) is 0 Å². The predicted octanol–water partition coefficient (Wildman–Crippen LogP) is 3.90. The highest BCUT2D eigenvalue weighted by Crippen LogP contribution is 2.23. The van der Waals surface area contributed by atoms with Gasteiger partial charge in [0.1, 0.15) is 0 Å². The SMILES string of the molecule is Cc1cc(Cl)ccc1Nc1cnnc(N2CCN(Cc3ccccc3)CC2)n1. The van der Waals surface area contributed by atoms with Gasteiger partial charge in [-0.25, -0.2) is 0 Å². The third-order valence-electron chi connectivity index (χ3n) is 4.90. The van der Waals surface area contributed by atoms with E-state index in [9.17, 15) is 0 Å². The summed E-state index contributed by atoms with van der Waals surface area (Å²) in [5.74, 6) is 1.35. The summed E-state index contributed by atoms with van der Waals surface area (Å²) in [6, 6.07) is 16.3. The monoisotopic (exact) mass is 394 g/mol. The lowest BCUT2D eigenvalue weighted by Gasteiger charge is -2.34. The second kappa shape index (κ2) is 8.54. The van der Waals surface area contributed by atoms with Gasteiger partial charge in [-0.05, 0) is 36.2 Å². The molecule has 144 valence electrons. The summed E-state index contributed by atoms with van der Waals surface area (Å²) in [6.07, 6.45) is 1.64. The van der Waals surface area contributed by atoms with Crippen molar-refractivity contribution in [3.05, 3.63) is 70.9 Å². The maximum absolute atomic E-state index is 6.03. The molecule has 0 bridgehead atoms. The summed E-state index contributed by atoms with van der Waals surface area (Å²) in [6.45, 7) is 6.72. The first-order valence-corrected chi connectivity index (χ1v) is 9.79. The van der Waals surface area contributed by atoms with Gasteiger partial charge in [0.05, 0.1) is 6.20 Å². The number of hydrogen-bond donors (Lipinski definition) is 1. The van der Waals surface area contributed by atoms with Gasteiger partial charge in [-0.2, -0.15) is 10.1 Å². The Hall–Kier alpha value is -2.70. The normalized spacial score (nSPS) is 14.9. The number of nitrogens with zero attached hydrogens (tertiary/aromatic N) is 5. The molecule has 28 heavy (non-hydrogen) atoms. The van der Waals surface area contributed by atoms with Crippen LogP contribution < -0.4 is 10.2 Å². The molecule has 7 heteroatoms. The second-order valence-electron chi connectivity index (χ2n) is 6.97. The summed E-state index contributed by atoms with van der Waals surface area (Å²) in [4.78, 5) is 9.30. The van der Waals surface area contributed by atoms with E-state index in [1.165, 1.54) is 5.56 Å². The van der Waals surface area contributed by atoms with Gasteiger partial charge >= 0.3 is 0 Å². The minimum Gasteiger partial charge on any atom is -0.339 e. The van der Waals surface area contributed by atoms with E-state index >= 15 is 0 Å². The van der Waals surface area contributed by atoms with Crippen molar-refractivity contribution in [2.45, 2.75) is 13.5 Å². The number of halogens is 1. The van der Waals surface area contributed by atoms with Gasteiger partial charge in [0.15, 0.2) is 5.82 Å². The largest absolute Gasteiger partial charge is 0.339 e. The van der Waals surface area contributed by atoms with Crippen LogP contribution in [0.1, 0.15) is 11.1 Å². The summed E-state index contributed by atoms with van der Waals surface area (Å²) in [5, 5.41) is 12.4. The molecule has 1 N–H and O–H groups in total. The molecule has 4 rings (SSSR count). The fourth-order valence-corrected chi connectivity index (χ4v) is 3.57. The maximum atomic E-state index is 6.03. The van der Waals surface area contributed by atoms with E-state index in [0.717, 1.165) is 49.0 Å². The van der Waals surface area contributed by atoms with Crippen LogP contribution in [0.25, 0.3) is 0 Å². The first-order valence-electron chi connectivity index (χ1n) is 9.41. The van der Waals surface area contributed by atoms with Gasteiger partial charge < -0.3 is 10.2 Å². The molecule has 1 fully saturated rings. The topological polar surface area (TPSA) is 57.2 Å². The number of piperazine rings is 1. The lowest BCUT2D eigenvalue weighted by atomic mass is 10.2. The molecule has 6 nitrogen and oxygen atoms in total. The van der Waals surface area contributed by atoms with Crippen LogP contribution in [0.15, 0.2) is 54.7 Å². The molecule has 1 saturated heterocycles. The van der Waals surface area contributed by atoms with Crippen LogP contribution in [-0.4, -0.2) is 46.3 Å². The molecule has 3 aromatic rings. The molecule has 0 radical (unpaired) electrons. The van der Waals surface area contributed by atoms with E-state index in [1.54, 1.807) is 6.20 Å². The molecule has 0 saturated carbocycles. The molecule has 0 spiro atoms. The van der Waals surface area contributed by atoms with Crippen molar-refractivity contribution in [3.63, 3.8) is 0 Å². The lowest BCUT2D eigenvalue weighted by molar-refractivity contribution is 0.248. The summed E-state index contributed by atoms with van der Waals surface area (Å²) >= 11 is 6.03. The summed E-state index contributed by atoms with van der Waals surface area (Å²) in [7, 11) is 0. The smallest absolute Gasteiger partial charge is 0.247 e. The number of rotatable bonds is 5. The number of nitrogens with one attached hydrogen (secondary N) is 1. The Morgan fingerprint density at radius 1 is 1.04 bits per heavy atom. The van der Waals surface area contributed by atoms with E-state index in [-0.39, 0.29) is 0 Å². The molecule has 1 aromatic heterocycles. The molecule has 0 amide bonds. The van der Waals surface area contributed by atoms with Gasteiger partial charge in [-0.3, -0.25) is 4.90 Å². The first-order chi connectivity index (χ1) is 13.7.